The second-order valence-corrected chi connectivity index (χ2v) is 5.50. The molecule has 1 aromatic rings. The van der Waals surface area contributed by atoms with Gasteiger partial charge >= 0.3 is 6.03 Å². The number of nitrogens with zero attached hydrogens (tertiary/aromatic N) is 1. The summed E-state index contributed by atoms with van der Waals surface area (Å²) in [5.74, 6) is 0.746. The van der Waals surface area contributed by atoms with Gasteiger partial charge in [-0.05, 0) is 25.0 Å². The molecule has 1 N–H and O–H groups in total. The van der Waals surface area contributed by atoms with E-state index < -0.39 is 0 Å². The maximum Gasteiger partial charge on any atom is 0.322 e. The van der Waals surface area contributed by atoms with Crippen LogP contribution in [0.2, 0.25) is 0 Å². The summed E-state index contributed by atoms with van der Waals surface area (Å²) in [6, 6.07) is 7.36. The van der Waals surface area contributed by atoms with Crippen LogP contribution in [0.15, 0.2) is 24.3 Å². The van der Waals surface area contributed by atoms with Crippen molar-refractivity contribution in [1.82, 2.24) is 4.90 Å². The van der Waals surface area contributed by atoms with E-state index in [-0.39, 0.29) is 12.1 Å². The molecule has 2 amide bonds. The van der Waals surface area contributed by atoms with Gasteiger partial charge in [0.25, 0.3) is 0 Å². The molecule has 6 nitrogen and oxygen atoms in total. The molecule has 0 bridgehead atoms. The van der Waals surface area contributed by atoms with Gasteiger partial charge < -0.3 is 24.4 Å². The number of benzene rings is 1. The number of hydrogen-bond donors (Lipinski definition) is 1. The van der Waals surface area contributed by atoms with E-state index in [9.17, 15) is 4.79 Å². The molecule has 2 aliphatic rings. The Labute approximate surface area is 130 Å². The number of ether oxygens (including phenoxy) is 3. The summed E-state index contributed by atoms with van der Waals surface area (Å²) in [5.41, 5.74) is 0.737. The molecule has 0 aliphatic carbocycles. The van der Waals surface area contributed by atoms with Crippen LogP contribution in [0, 0.1) is 0 Å². The highest BCUT2D eigenvalue weighted by atomic mass is 16.5. The van der Waals surface area contributed by atoms with Gasteiger partial charge in [-0.1, -0.05) is 6.07 Å². The van der Waals surface area contributed by atoms with Crippen LogP contribution in [0.4, 0.5) is 10.5 Å². The van der Waals surface area contributed by atoms with Crippen molar-refractivity contribution in [2.24, 2.45) is 0 Å². The summed E-state index contributed by atoms with van der Waals surface area (Å²) >= 11 is 0. The third kappa shape index (κ3) is 4.11. The molecule has 0 saturated carbocycles. The number of rotatable bonds is 4. The number of amides is 2. The first-order valence-corrected chi connectivity index (χ1v) is 7.79. The van der Waals surface area contributed by atoms with Crippen molar-refractivity contribution in [2.75, 3.05) is 44.8 Å². The van der Waals surface area contributed by atoms with Crippen molar-refractivity contribution in [2.45, 2.75) is 18.9 Å². The third-order valence-corrected chi connectivity index (χ3v) is 3.84. The van der Waals surface area contributed by atoms with Crippen LogP contribution >= 0.6 is 0 Å². The van der Waals surface area contributed by atoms with Gasteiger partial charge in [0.05, 0.1) is 19.3 Å². The Kier molecular flexibility index (Phi) is 5.13. The van der Waals surface area contributed by atoms with Gasteiger partial charge in [-0.2, -0.15) is 0 Å². The summed E-state index contributed by atoms with van der Waals surface area (Å²) in [5, 5.41) is 2.90. The Bertz CT molecular complexity index is 497. The summed E-state index contributed by atoms with van der Waals surface area (Å²) in [7, 11) is 0. The van der Waals surface area contributed by atoms with Gasteiger partial charge in [0, 0.05) is 31.5 Å². The second-order valence-electron chi connectivity index (χ2n) is 5.50. The molecule has 1 aromatic carbocycles. The third-order valence-electron chi connectivity index (χ3n) is 3.84. The maximum absolute atomic E-state index is 12.1. The molecule has 120 valence electrons. The number of hydrogen-bond acceptors (Lipinski definition) is 4. The summed E-state index contributed by atoms with van der Waals surface area (Å²) < 4.78 is 16.5. The fourth-order valence-corrected chi connectivity index (χ4v) is 2.60. The lowest BCUT2D eigenvalue weighted by Crippen LogP contribution is -2.43. The van der Waals surface area contributed by atoms with Crippen molar-refractivity contribution < 1.29 is 19.0 Å². The fourth-order valence-electron chi connectivity index (χ4n) is 2.60. The Morgan fingerprint density at radius 3 is 2.95 bits per heavy atom. The molecule has 1 unspecified atom stereocenters. The molecule has 0 radical (unpaired) electrons. The van der Waals surface area contributed by atoms with E-state index in [0.717, 1.165) is 30.9 Å². The number of carbonyl (C=O) groups is 1. The molecule has 2 fully saturated rings. The van der Waals surface area contributed by atoms with E-state index in [1.54, 1.807) is 4.90 Å². The Morgan fingerprint density at radius 2 is 2.18 bits per heavy atom. The Morgan fingerprint density at radius 1 is 1.32 bits per heavy atom. The van der Waals surface area contributed by atoms with Gasteiger partial charge in [-0.3, -0.25) is 0 Å². The molecular weight excluding hydrogens is 284 g/mol. The minimum Gasteiger partial charge on any atom is -0.491 e. The van der Waals surface area contributed by atoms with E-state index in [1.807, 2.05) is 24.3 Å². The Hall–Kier alpha value is -1.79. The highest BCUT2D eigenvalue weighted by Crippen LogP contribution is 2.20. The number of carbonyl (C=O) groups excluding carboxylic acids is 1. The van der Waals surface area contributed by atoms with Crippen LogP contribution in [0.1, 0.15) is 12.8 Å². The molecule has 1 atom stereocenters. The van der Waals surface area contributed by atoms with E-state index in [0.29, 0.717) is 32.9 Å². The molecule has 2 heterocycles. The van der Waals surface area contributed by atoms with Gasteiger partial charge in [-0.15, -0.1) is 0 Å². The number of urea groups is 1. The van der Waals surface area contributed by atoms with Crippen LogP contribution in [-0.4, -0.2) is 56.6 Å². The largest absolute Gasteiger partial charge is 0.491 e. The van der Waals surface area contributed by atoms with E-state index in [2.05, 4.69) is 5.32 Å². The first kappa shape index (κ1) is 15.1. The number of anilines is 1. The van der Waals surface area contributed by atoms with E-state index in [1.165, 1.54) is 0 Å². The van der Waals surface area contributed by atoms with Gasteiger partial charge in [0.15, 0.2) is 0 Å². The topological polar surface area (TPSA) is 60.0 Å². The molecule has 0 spiro atoms. The average molecular weight is 306 g/mol. The minimum atomic E-state index is -0.0976. The predicted octanol–water partition coefficient (Wildman–Crippen LogP) is 2.11. The van der Waals surface area contributed by atoms with Crippen molar-refractivity contribution in [3.8, 4) is 5.75 Å². The minimum absolute atomic E-state index is 0.0976. The number of morpholine rings is 1. The van der Waals surface area contributed by atoms with Crippen LogP contribution in [0.3, 0.4) is 0 Å². The molecule has 0 aromatic heterocycles. The highest BCUT2D eigenvalue weighted by Gasteiger charge is 2.18. The fraction of sp³-hybridized carbons (Fsp3) is 0.562. The standard InChI is InChI=1S/C16H22N2O4/c19-16(18-6-9-20-10-7-18)17-13-3-1-4-14(11-13)22-12-15-5-2-8-21-15/h1,3-4,11,15H,2,5-10,12H2,(H,17,19). The van der Waals surface area contributed by atoms with E-state index >= 15 is 0 Å². The van der Waals surface area contributed by atoms with Crippen molar-refractivity contribution >= 4 is 11.7 Å². The van der Waals surface area contributed by atoms with Crippen LogP contribution in [-0.2, 0) is 9.47 Å². The molecule has 2 saturated heterocycles. The lowest BCUT2D eigenvalue weighted by molar-refractivity contribution is 0.0564. The maximum atomic E-state index is 12.1. The van der Waals surface area contributed by atoms with Crippen molar-refractivity contribution in [3.63, 3.8) is 0 Å². The van der Waals surface area contributed by atoms with E-state index in [4.69, 9.17) is 14.2 Å². The number of nitrogens with one attached hydrogen (secondary N) is 1. The Balaban J connectivity index is 1.52. The SMILES string of the molecule is O=C(Nc1cccc(OCC2CCCO2)c1)N1CCOCC1. The zero-order chi connectivity index (χ0) is 15.2. The van der Waals surface area contributed by atoms with Crippen molar-refractivity contribution in [3.05, 3.63) is 24.3 Å². The average Bonchev–Trinajstić information content (AvgIpc) is 3.08. The lowest BCUT2D eigenvalue weighted by atomic mass is 10.2. The normalized spacial score (nSPS) is 21.6. The molecule has 3 rings (SSSR count). The summed E-state index contributed by atoms with van der Waals surface area (Å²) in [4.78, 5) is 13.9. The zero-order valence-electron chi connectivity index (χ0n) is 12.6. The quantitative estimate of drug-likeness (QED) is 0.925. The molecule has 6 heteroatoms. The predicted molar refractivity (Wildman–Crippen MR) is 82.3 cm³/mol. The summed E-state index contributed by atoms with van der Waals surface area (Å²) in [6.45, 7) is 3.82. The van der Waals surface area contributed by atoms with Crippen LogP contribution in [0.5, 0.6) is 5.75 Å². The van der Waals surface area contributed by atoms with Gasteiger partial charge in [0.2, 0.25) is 0 Å². The molecule has 22 heavy (non-hydrogen) atoms. The first-order valence-electron chi connectivity index (χ1n) is 7.79. The highest BCUT2D eigenvalue weighted by molar-refractivity contribution is 5.89. The molecule has 2 aliphatic heterocycles. The van der Waals surface area contributed by atoms with Crippen molar-refractivity contribution in [1.29, 1.82) is 0 Å². The van der Waals surface area contributed by atoms with Gasteiger partial charge in [-0.25, -0.2) is 4.79 Å². The van der Waals surface area contributed by atoms with Crippen LogP contribution in [0.25, 0.3) is 0 Å². The zero-order valence-corrected chi connectivity index (χ0v) is 12.6. The van der Waals surface area contributed by atoms with Crippen LogP contribution < -0.4 is 10.1 Å². The monoisotopic (exact) mass is 306 g/mol. The first-order chi connectivity index (χ1) is 10.8. The summed E-state index contributed by atoms with van der Waals surface area (Å²) in [6.07, 6.45) is 2.34. The smallest absolute Gasteiger partial charge is 0.322 e. The lowest BCUT2D eigenvalue weighted by Gasteiger charge is -2.27. The second kappa shape index (κ2) is 7.47. The van der Waals surface area contributed by atoms with Gasteiger partial charge in [0.1, 0.15) is 12.4 Å². The molecular formula is C16H22N2O4.